The van der Waals surface area contributed by atoms with Crippen LogP contribution in [0.5, 0.6) is 0 Å². The van der Waals surface area contributed by atoms with Gasteiger partial charge in [0.25, 0.3) is 0 Å². The zero-order chi connectivity index (χ0) is 9.80. The Kier molecular flexibility index (Phi) is 2.40. The fourth-order valence-corrected chi connectivity index (χ4v) is 1.31. The van der Waals surface area contributed by atoms with Crippen LogP contribution >= 0.6 is 0 Å². The van der Waals surface area contributed by atoms with Gasteiger partial charge in [-0.2, -0.15) is 0 Å². The zero-order valence-corrected chi connectivity index (χ0v) is 7.72. The molecule has 0 atom stereocenters. The number of nitrogen functional groups attached to an aromatic ring is 1. The summed E-state index contributed by atoms with van der Waals surface area (Å²) in [7, 11) is 0. The minimum absolute atomic E-state index is 0.561. The van der Waals surface area contributed by atoms with Crippen LogP contribution in [0.15, 0.2) is 42.7 Å². The predicted molar refractivity (Wildman–Crippen MR) is 55.7 cm³/mol. The molecule has 0 aliphatic carbocycles. The van der Waals surface area contributed by atoms with Gasteiger partial charge in [0.1, 0.15) is 5.82 Å². The van der Waals surface area contributed by atoms with E-state index in [1.807, 2.05) is 30.5 Å². The lowest BCUT2D eigenvalue weighted by Crippen LogP contribution is -1.96. The maximum atomic E-state index is 5.59. The van der Waals surface area contributed by atoms with E-state index in [0.29, 0.717) is 5.82 Å². The first-order valence-electron chi connectivity index (χ1n) is 4.45. The van der Waals surface area contributed by atoms with Crippen molar-refractivity contribution < 1.29 is 0 Å². The van der Waals surface area contributed by atoms with Crippen molar-refractivity contribution in [3.63, 3.8) is 0 Å². The standard InChI is InChI=1S/C11H11N3/c12-11-5-1-4-10(14-11)7-9-3-2-6-13-8-9/h1-6,8H,7H2,(H2,12,14). The van der Waals surface area contributed by atoms with Gasteiger partial charge in [0.2, 0.25) is 0 Å². The molecule has 0 saturated carbocycles. The van der Waals surface area contributed by atoms with Crippen LogP contribution in [0.25, 0.3) is 0 Å². The maximum Gasteiger partial charge on any atom is 0.123 e. The summed E-state index contributed by atoms with van der Waals surface area (Å²) < 4.78 is 0. The first-order valence-corrected chi connectivity index (χ1v) is 4.45. The van der Waals surface area contributed by atoms with Crippen molar-refractivity contribution >= 4 is 5.82 Å². The first kappa shape index (κ1) is 8.69. The van der Waals surface area contributed by atoms with E-state index >= 15 is 0 Å². The van der Waals surface area contributed by atoms with Crippen molar-refractivity contribution in [2.45, 2.75) is 6.42 Å². The Bertz CT molecular complexity index is 412. The number of hydrogen-bond acceptors (Lipinski definition) is 3. The molecule has 2 aromatic heterocycles. The van der Waals surface area contributed by atoms with E-state index in [1.165, 1.54) is 0 Å². The van der Waals surface area contributed by atoms with Crippen LogP contribution in [0.4, 0.5) is 5.82 Å². The molecule has 3 nitrogen and oxygen atoms in total. The monoisotopic (exact) mass is 185 g/mol. The molecule has 0 bridgehead atoms. The van der Waals surface area contributed by atoms with Crippen molar-refractivity contribution in [1.29, 1.82) is 0 Å². The highest BCUT2D eigenvalue weighted by Crippen LogP contribution is 2.07. The van der Waals surface area contributed by atoms with E-state index in [4.69, 9.17) is 5.73 Å². The Morgan fingerprint density at radius 1 is 1.14 bits per heavy atom. The third-order valence-corrected chi connectivity index (χ3v) is 1.94. The van der Waals surface area contributed by atoms with Crippen molar-refractivity contribution in [3.05, 3.63) is 54.0 Å². The third-order valence-electron chi connectivity index (χ3n) is 1.94. The van der Waals surface area contributed by atoms with Crippen molar-refractivity contribution in [2.24, 2.45) is 0 Å². The summed E-state index contributed by atoms with van der Waals surface area (Å²) in [6.07, 6.45) is 4.38. The molecule has 0 fully saturated rings. The topological polar surface area (TPSA) is 51.8 Å². The average molecular weight is 185 g/mol. The number of rotatable bonds is 2. The predicted octanol–water partition coefficient (Wildman–Crippen LogP) is 1.65. The molecular weight excluding hydrogens is 174 g/mol. The number of nitrogens with two attached hydrogens (primary N) is 1. The molecule has 0 aromatic carbocycles. The molecule has 2 aromatic rings. The molecule has 0 saturated heterocycles. The summed E-state index contributed by atoms with van der Waals surface area (Å²) in [5.41, 5.74) is 7.70. The fraction of sp³-hybridized carbons (Fsp3) is 0.0909. The number of anilines is 1. The van der Waals surface area contributed by atoms with Gasteiger partial charge < -0.3 is 5.73 Å². The van der Waals surface area contributed by atoms with Crippen molar-refractivity contribution in [2.75, 3.05) is 5.73 Å². The lowest BCUT2D eigenvalue weighted by Gasteiger charge is -2.00. The Morgan fingerprint density at radius 2 is 2.07 bits per heavy atom. The molecule has 70 valence electrons. The molecule has 14 heavy (non-hydrogen) atoms. The van der Waals surface area contributed by atoms with Gasteiger partial charge in [-0.15, -0.1) is 0 Å². The molecule has 0 aliphatic heterocycles. The van der Waals surface area contributed by atoms with E-state index in [1.54, 1.807) is 12.3 Å². The third kappa shape index (κ3) is 2.07. The number of aromatic nitrogens is 2. The van der Waals surface area contributed by atoms with Crippen LogP contribution in [-0.2, 0) is 6.42 Å². The van der Waals surface area contributed by atoms with E-state index in [0.717, 1.165) is 17.7 Å². The molecule has 2 rings (SSSR count). The summed E-state index contributed by atoms with van der Waals surface area (Å²) in [5.74, 6) is 0.561. The average Bonchev–Trinajstić information content (AvgIpc) is 2.19. The number of hydrogen-bond donors (Lipinski definition) is 1. The molecule has 0 amide bonds. The Balaban J connectivity index is 2.19. The van der Waals surface area contributed by atoms with Crippen LogP contribution < -0.4 is 5.73 Å². The van der Waals surface area contributed by atoms with Crippen LogP contribution in [0, 0.1) is 0 Å². The molecular formula is C11H11N3. The van der Waals surface area contributed by atoms with E-state index < -0.39 is 0 Å². The number of pyridine rings is 2. The minimum Gasteiger partial charge on any atom is -0.384 e. The zero-order valence-electron chi connectivity index (χ0n) is 7.72. The van der Waals surface area contributed by atoms with Gasteiger partial charge in [-0.25, -0.2) is 4.98 Å². The van der Waals surface area contributed by atoms with E-state index in [9.17, 15) is 0 Å². The lowest BCUT2D eigenvalue weighted by atomic mass is 10.1. The largest absolute Gasteiger partial charge is 0.384 e. The lowest BCUT2D eigenvalue weighted by molar-refractivity contribution is 1.06. The Morgan fingerprint density at radius 3 is 2.79 bits per heavy atom. The summed E-state index contributed by atoms with van der Waals surface area (Å²) in [6, 6.07) is 9.60. The summed E-state index contributed by atoms with van der Waals surface area (Å²) in [5, 5.41) is 0. The highest BCUT2D eigenvalue weighted by atomic mass is 14.8. The molecule has 0 aliphatic rings. The van der Waals surface area contributed by atoms with Gasteiger partial charge in [-0.1, -0.05) is 12.1 Å². The van der Waals surface area contributed by atoms with Gasteiger partial charge in [-0.05, 0) is 23.8 Å². The Hall–Kier alpha value is -1.90. The number of nitrogens with zero attached hydrogens (tertiary/aromatic N) is 2. The molecule has 3 heteroatoms. The molecule has 0 radical (unpaired) electrons. The second kappa shape index (κ2) is 3.87. The second-order valence-electron chi connectivity index (χ2n) is 3.09. The van der Waals surface area contributed by atoms with Crippen LogP contribution in [-0.4, -0.2) is 9.97 Å². The molecule has 0 unspecified atom stereocenters. The smallest absolute Gasteiger partial charge is 0.123 e. The highest BCUT2D eigenvalue weighted by molar-refractivity contribution is 5.30. The van der Waals surface area contributed by atoms with Gasteiger partial charge in [0.05, 0.1) is 0 Å². The van der Waals surface area contributed by atoms with Crippen LogP contribution in [0.2, 0.25) is 0 Å². The van der Waals surface area contributed by atoms with Gasteiger partial charge in [-0.3, -0.25) is 4.98 Å². The van der Waals surface area contributed by atoms with E-state index in [2.05, 4.69) is 9.97 Å². The van der Waals surface area contributed by atoms with E-state index in [-0.39, 0.29) is 0 Å². The van der Waals surface area contributed by atoms with Gasteiger partial charge in [0.15, 0.2) is 0 Å². The molecule has 0 spiro atoms. The highest BCUT2D eigenvalue weighted by Gasteiger charge is 1.97. The quantitative estimate of drug-likeness (QED) is 0.774. The Labute approximate surface area is 82.6 Å². The molecule has 2 N–H and O–H groups in total. The summed E-state index contributed by atoms with van der Waals surface area (Å²) in [6.45, 7) is 0. The normalized spacial score (nSPS) is 10.0. The SMILES string of the molecule is Nc1cccc(Cc2cccnc2)n1. The molecule has 2 heterocycles. The minimum atomic E-state index is 0.561. The van der Waals surface area contributed by atoms with Crippen molar-refractivity contribution in [3.8, 4) is 0 Å². The van der Waals surface area contributed by atoms with Gasteiger partial charge >= 0.3 is 0 Å². The van der Waals surface area contributed by atoms with Crippen LogP contribution in [0.3, 0.4) is 0 Å². The van der Waals surface area contributed by atoms with Crippen molar-refractivity contribution in [1.82, 2.24) is 9.97 Å². The fourth-order valence-electron chi connectivity index (χ4n) is 1.31. The summed E-state index contributed by atoms with van der Waals surface area (Å²) in [4.78, 5) is 8.26. The van der Waals surface area contributed by atoms with Gasteiger partial charge in [0, 0.05) is 24.5 Å². The summed E-state index contributed by atoms with van der Waals surface area (Å²) >= 11 is 0. The first-order chi connectivity index (χ1) is 6.84. The maximum absolute atomic E-state index is 5.59. The second-order valence-corrected chi connectivity index (χ2v) is 3.09. The van der Waals surface area contributed by atoms with Crippen LogP contribution in [0.1, 0.15) is 11.3 Å².